The average molecular weight is 439 g/mol. The van der Waals surface area contributed by atoms with Crippen LogP contribution in [0.4, 0.5) is 21.3 Å². The van der Waals surface area contributed by atoms with Gasteiger partial charge in [0, 0.05) is 23.2 Å². The number of hydrogen-bond acceptors (Lipinski definition) is 5. The molecule has 0 bridgehead atoms. The molecule has 2 aromatic carbocycles. The minimum absolute atomic E-state index is 0.0722. The standard InChI is InChI=1S/C23H26N4O3S/c1-15(2)16-4-6-17(7-5-16)24-21(28)13-10-19-14-31-23(26-19)27-22(29)25-18-8-11-20(30-3)12-9-18/h4-9,11-12,14-15H,10,13H2,1-3H3,(H,24,28)(H2,25,26,27,29). The van der Waals surface area contributed by atoms with Crippen LogP contribution in [0.25, 0.3) is 0 Å². The molecule has 7 nitrogen and oxygen atoms in total. The van der Waals surface area contributed by atoms with E-state index >= 15 is 0 Å². The number of aryl methyl sites for hydroxylation is 1. The highest BCUT2D eigenvalue weighted by Gasteiger charge is 2.09. The topological polar surface area (TPSA) is 92.3 Å². The van der Waals surface area contributed by atoms with E-state index in [1.807, 2.05) is 29.6 Å². The lowest BCUT2D eigenvalue weighted by Gasteiger charge is -2.08. The van der Waals surface area contributed by atoms with Gasteiger partial charge in [-0.1, -0.05) is 26.0 Å². The highest BCUT2D eigenvalue weighted by Crippen LogP contribution is 2.20. The summed E-state index contributed by atoms with van der Waals surface area (Å²) in [5.41, 5.74) is 3.42. The van der Waals surface area contributed by atoms with Crippen molar-refractivity contribution in [2.24, 2.45) is 0 Å². The van der Waals surface area contributed by atoms with E-state index in [2.05, 4.69) is 34.8 Å². The zero-order valence-corrected chi connectivity index (χ0v) is 18.6. The van der Waals surface area contributed by atoms with Gasteiger partial charge in [-0.3, -0.25) is 10.1 Å². The minimum atomic E-state index is -0.381. The molecular formula is C23H26N4O3S. The van der Waals surface area contributed by atoms with Gasteiger partial charge in [-0.25, -0.2) is 9.78 Å². The van der Waals surface area contributed by atoms with Crippen LogP contribution in [0.3, 0.4) is 0 Å². The van der Waals surface area contributed by atoms with Crippen molar-refractivity contribution in [1.82, 2.24) is 4.98 Å². The Hall–Kier alpha value is -3.39. The predicted molar refractivity (Wildman–Crippen MR) is 125 cm³/mol. The predicted octanol–water partition coefficient (Wildman–Crippen LogP) is 5.49. The van der Waals surface area contributed by atoms with Gasteiger partial charge in [0.2, 0.25) is 5.91 Å². The number of rotatable bonds is 8. The fraction of sp³-hybridized carbons (Fsp3) is 0.261. The molecule has 0 unspecified atom stereocenters. The van der Waals surface area contributed by atoms with E-state index in [1.54, 1.807) is 31.4 Å². The second-order valence-electron chi connectivity index (χ2n) is 7.28. The number of ether oxygens (including phenoxy) is 1. The van der Waals surface area contributed by atoms with Crippen LogP contribution in [0.5, 0.6) is 5.75 Å². The lowest BCUT2D eigenvalue weighted by Crippen LogP contribution is -2.19. The fourth-order valence-electron chi connectivity index (χ4n) is 2.83. The molecule has 1 heterocycles. The maximum atomic E-state index is 12.2. The number of methoxy groups -OCH3 is 1. The van der Waals surface area contributed by atoms with Crippen molar-refractivity contribution < 1.29 is 14.3 Å². The fourth-order valence-corrected chi connectivity index (χ4v) is 3.57. The van der Waals surface area contributed by atoms with Crippen molar-refractivity contribution in [3.63, 3.8) is 0 Å². The van der Waals surface area contributed by atoms with Gasteiger partial charge in [0.15, 0.2) is 5.13 Å². The lowest BCUT2D eigenvalue weighted by atomic mass is 10.0. The Bertz CT molecular complexity index is 1010. The maximum Gasteiger partial charge on any atom is 0.325 e. The van der Waals surface area contributed by atoms with Crippen LogP contribution in [-0.2, 0) is 11.2 Å². The molecule has 3 N–H and O–H groups in total. The van der Waals surface area contributed by atoms with Gasteiger partial charge < -0.3 is 15.4 Å². The Kier molecular flexibility index (Phi) is 7.61. The SMILES string of the molecule is COc1ccc(NC(=O)Nc2nc(CCC(=O)Nc3ccc(C(C)C)cc3)cs2)cc1. The van der Waals surface area contributed by atoms with Crippen molar-refractivity contribution in [3.8, 4) is 5.75 Å². The van der Waals surface area contributed by atoms with Crippen LogP contribution in [0, 0.1) is 0 Å². The monoisotopic (exact) mass is 438 g/mol. The molecule has 0 aliphatic heterocycles. The van der Waals surface area contributed by atoms with Crippen molar-refractivity contribution in [3.05, 3.63) is 65.2 Å². The number of urea groups is 1. The molecule has 0 aliphatic carbocycles. The summed E-state index contributed by atoms with van der Waals surface area (Å²) in [4.78, 5) is 28.7. The normalized spacial score (nSPS) is 10.6. The smallest absolute Gasteiger partial charge is 0.325 e. The minimum Gasteiger partial charge on any atom is -0.497 e. The molecular weight excluding hydrogens is 412 g/mol. The van der Waals surface area contributed by atoms with Crippen LogP contribution in [0.15, 0.2) is 53.9 Å². The maximum absolute atomic E-state index is 12.2. The summed E-state index contributed by atoms with van der Waals surface area (Å²) >= 11 is 1.32. The van der Waals surface area contributed by atoms with E-state index in [-0.39, 0.29) is 11.9 Å². The van der Waals surface area contributed by atoms with E-state index in [4.69, 9.17) is 4.74 Å². The zero-order chi connectivity index (χ0) is 22.2. The Balaban J connectivity index is 1.44. The van der Waals surface area contributed by atoms with Gasteiger partial charge in [0.25, 0.3) is 0 Å². The summed E-state index contributed by atoms with van der Waals surface area (Å²) in [7, 11) is 1.59. The highest BCUT2D eigenvalue weighted by molar-refractivity contribution is 7.13. The molecule has 3 aromatic rings. The molecule has 3 rings (SSSR count). The summed E-state index contributed by atoms with van der Waals surface area (Å²) in [5.74, 6) is 1.10. The first-order chi connectivity index (χ1) is 14.9. The molecule has 162 valence electrons. The second kappa shape index (κ2) is 10.6. The number of carbonyl (C=O) groups excluding carboxylic acids is 2. The third kappa shape index (κ3) is 6.82. The summed E-state index contributed by atoms with van der Waals surface area (Å²) in [6, 6.07) is 14.5. The molecule has 0 atom stereocenters. The second-order valence-corrected chi connectivity index (χ2v) is 8.13. The first-order valence-corrected chi connectivity index (χ1v) is 10.9. The summed E-state index contributed by atoms with van der Waals surface area (Å²) in [5, 5.41) is 10.7. The van der Waals surface area contributed by atoms with Gasteiger partial charge in [0.05, 0.1) is 12.8 Å². The Morgan fingerprint density at radius 3 is 2.26 bits per heavy atom. The number of aromatic nitrogens is 1. The molecule has 3 amide bonds. The van der Waals surface area contributed by atoms with Crippen LogP contribution < -0.4 is 20.7 Å². The average Bonchev–Trinajstić information content (AvgIpc) is 3.20. The van der Waals surface area contributed by atoms with Crippen LogP contribution in [0.2, 0.25) is 0 Å². The molecule has 31 heavy (non-hydrogen) atoms. The zero-order valence-electron chi connectivity index (χ0n) is 17.8. The third-order valence-electron chi connectivity index (χ3n) is 4.59. The van der Waals surface area contributed by atoms with Crippen molar-refractivity contribution in [2.45, 2.75) is 32.6 Å². The summed E-state index contributed by atoms with van der Waals surface area (Å²) in [6.07, 6.45) is 0.807. The number of nitrogens with one attached hydrogen (secondary N) is 3. The van der Waals surface area contributed by atoms with Gasteiger partial charge in [0.1, 0.15) is 5.75 Å². The quantitative estimate of drug-likeness (QED) is 0.434. The van der Waals surface area contributed by atoms with Gasteiger partial charge in [-0.15, -0.1) is 11.3 Å². The van der Waals surface area contributed by atoms with Crippen LogP contribution in [-0.4, -0.2) is 24.0 Å². The molecule has 0 spiro atoms. The van der Waals surface area contributed by atoms with Gasteiger partial charge in [-0.05, 0) is 54.3 Å². The number of nitrogens with zero attached hydrogens (tertiary/aromatic N) is 1. The van der Waals surface area contributed by atoms with Crippen LogP contribution >= 0.6 is 11.3 Å². The number of anilines is 3. The van der Waals surface area contributed by atoms with E-state index in [0.29, 0.717) is 35.3 Å². The Morgan fingerprint density at radius 1 is 0.968 bits per heavy atom. The molecule has 0 aliphatic rings. The van der Waals surface area contributed by atoms with Crippen molar-refractivity contribution in [1.29, 1.82) is 0 Å². The van der Waals surface area contributed by atoms with E-state index in [0.717, 1.165) is 11.4 Å². The molecule has 0 fully saturated rings. The Labute approximate surface area is 185 Å². The third-order valence-corrected chi connectivity index (χ3v) is 5.40. The molecule has 0 saturated heterocycles. The number of benzene rings is 2. The summed E-state index contributed by atoms with van der Waals surface area (Å²) < 4.78 is 5.09. The van der Waals surface area contributed by atoms with Crippen molar-refractivity contribution in [2.75, 3.05) is 23.1 Å². The first-order valence-electron chi connectivity index (χ1n) is 9.99. The summed E-state index contributed by atoms with van der Waals surface area (Å²) in [6.45, 7) is 4.26. The lowest BCUT2D eigenvalue weighted by molar-refractivity contribution is -0.116. The number of amides is 3. The first kappa shape index (κ1) is 22.3. The largest absolute Gasteiger partial charge is 0.497 e. The number of carbonyl (C=O) groups is 2. The highest BCUT2D eigenvalue weighted by atomic mass is 32.1. The number of thiazole rings is 1. The molecule has 0 radical (unpaired) electrons. The number of hydrogen-bond donors (Lipinski definition) is 3. The molecule has 0 saturated carbocycles. The Morgan fingerprint density at radius 2 is 1.61 bits per heavy atom. The van der Waals surface area contributed by atoms with Crippen molar-refractivity contribution >= 4 is 39.8 Å². The molecule has 8 heteroatoms. The van der Waals surface area contributed by atoms with E-state index in [1.165, 1.54) is 16.9 Å². The van der Waals surface area contributed by atoms with E-state index < -0.39 is 0 Å². The van der Waals surface area contributed by atoms with Crippen LogP contribution in [0.1, 0.15) is 37.4 Å². The molecule has 1 aromatic heterocycles. The van der Waals surface area contributed by atoms with E-state index in [9.17, 15) is 9.59 Å². The van der Waals surface area contributed by atoms with Gasteiger partial charge in [-0.2, -0.15) is 0 Å². The van der Waals surface area contributed by atoms with Gasteiger partial charge >= 0.3 is 6.03 Å².